The van der Waals surface area contributed by atoms with E-state index in [2.05, 4.69) is 51.6 Å². The van der Waals surface area contributed by atoms with Gasteiger partial charge in [-0.05, 0) is 77.5 Å². The third kappa shape index (κ3) is 7.39. The van der Waals surface area contributed by atoms with E-state index in [1.807, 2.05) is 56.4 Å². The maximum absolute atomic E-state index is 11.9. The lowest BCUT2D eigenvalue weighted by Gasteiger charge is -2.10. The largest absolute Gasteiger partial charge is 0.356 e. The third-order valence-corrected chi connectivity index (χ3v) is 5.33. The van der Waals surface area contributed by atoms with Crippen molar-refractivity contribution in [2.45, 2.75) is 46.1 Å². The van der Waals surface area contributed by atoms with Gasteiger partial charge in [-0.1, -0.05) is 12.1 Å². The molecule has 0 bridgehead atoms. The van der Waals surface area contributed by atoms with Crippen molar-refractivity contribution in [2.75, 3.05) is 32.5 Å². The molecule has 1 amide bonds. The van der Waals surface area contributed by atoms with Gasteiger partial charge in [0.1, 0.15) is 0 Å². The molecule has 8 heteroatoms. The number of aryl methyl sites for hydroxylation is 1. The molecule has 2 aromatic heterocycles. The molecule has 0 saturated carbocycles. The van der Waals surface area contributed by atoms with Gasteiger partial charge in [0.25, 0.3) is 0 Å². The average molecular weight is 450 g/mol. The molecule has 2 heterocycles. The highest BCUT2D eigenvalue weighted by atomic mass is 16.1. The van der Waals surface area contributed by atoms with Gasteiger partial charge >= 0.3 is 0 Å². The number of carbonyl (C=O) groups is 1. The van der Waals surface area contributed by atoms with E-state index in [1.165, 1.54) is 5.56 Å². The molecule has 0 spiro atoms. The lowest BCUT2D eigenvalue weighted by Crippen LogP contribution is -2.26. The Kier molecular flexibility index (Phi) is 8.54. The van der Waals surface area contributed by atoms with Gasteiger partial charge in [0.2, 0.25) is 11.9 Å². The second-order valence-electron chi connectivity index (χ2n) is 8.86. The number of carbonyl (C=O) groups excluding carboxylic acids is 1. The molecule has 0 aliphatic rings. The quantitative estimate of drug-likeness (QED) is 0.460. The lowest BCUT2D eigenvalue weighted by molar-refractivity contribution is -0.121. The van der Waals surface area contributed by atoms with Gasteiger partial charge in [-0.2, -0.15) is 5.10 Å². The third-order valence-electron chi connectivity index (χ3n) is 5.33. The summed E-state index contributed by atoms with van der Waals surface area (Å²) in [5.74, 6) is 0.659. The summed E-state index contributed by atoms with van der Waals surface area (Å²) in [7, 11) is 4.03. The first kappa shape index (κ1) is 24.4. The molecule has 0 radical (unpaired) electrons. The van der Waals surface area contributed by atoms with Gasteiger partial charge in [0.15, 0.2) is 0 Å². The minimum absolute atomic E-state index is 0.112. The molecule has 8 nitrogen and oxygen atoms in total. The smallest absolute Gasteiger partial charge is 0.227 e. The zero-order valence-electron chi connectivity index (χ0n) is 20.3. The van der Waals surface area contributed by atoms with Crippen LogP contribution in [0.3, 0.4) is 0 Å². The van der Waals surface area contributed by atoms with Crippen molar-refractivity contribution in [2.24, 2.45) is 0 Å². The topological polar surface area (TPSA) is 88.0 Å². The van der Waals surface area contributed by atoms with Crippen molar-refractivity contribution in [3.05, 3.63) is 54.0 Å². The van der Waals surface area contributed by atoms with Crippen LogP contribution in [0, 0.1) is 6.92 Å². The van der Waals surface area contributed by atoms with E-state index in [1.54, 1.807) is 0 Å². The number of anilines is 2. The number of nitrogens with one attached hydrogen (secondary N) is 2. The Morgan fingerprint density at radius 3 is 2.58 bits per heavy atom. The summed E-state index contributed by atoms with van der Waals surface area (Å²) < 4.78 is 1.93. The monoisotopic (exact) mass is 449 g/mol. The number of amides is 1. The van der Waals surface area contributed by atoms with Crippen molar-refractivity contribution in [1.29, 1.82) is 0 Å². The van der Waals surface area contributed by atoms with E-state index in [-0.39, 0.29) is 5.91 Å². The molecule has 33 heavy (non-hydrogen) atoms. The van der Waals surface area contributed by atoms with Gasteiger partial charge in [-0.25, -0.2) is 9.97 Å². The Morgan fingerprint density at radius 2 is 1.91 bits per heavy atom. The fourth-order valence-corrected chi connectivity index (χ4v) is 3.41. The van der Waals surface area contributed by atoms with Gasteiger partial charge in [-0.15, -0.1) is 0 Å². The van der Waals surface area contributed by atoms with Crippen LogP contribution in [0.4, 0.5) is 11.6 Å². The molecule has 1 aromatic carbocycles. The first-order valence-corrected chi connectivity index (χ1v) is 11.5. The van der Waals surface area contributed by atoms with E-state index in [9.17, 15) is 4.79 Å². The van der Waals surface area contributed by atoms with Crippen molar-refractivity contribution in [3.8, 4) is 11.3 Å². The van der Waals surface area contributed by atoms with E-state index >= 15 is 0 Å². The summed E-state index contributed by atoms with van der Waals surface area (Å²) in [5, 5.41) is 10.7. The molecular formula is C25H35N7O. The number of aromatic nitrogens is 4. The number of rotatable bonds is 11. The second-order valence-corrected chi connectivity index (χ2v) is 8.86. The van der Waals surface area contributed by atoms with Crippen LogP contribution in [-0.2, 0) is 11.2 Å². The molecular weight excluding hydrogens is 414 g/mol. The van der Waals surface area contributed by atoms with Crippen LogP contribution in [0.1, 0.15) is 43.9 Å². The summed E-state index contributed by atoms with van der Waals surface area (Å²) in [4.78, 5) is 23.1. The summed E-state index contributed by atoms with van der Waals surface area (Å²) >= 11 is 0. The lowest BCUT2D eigenvalue weighted by atomic mass is 10.1. The fourth-order valence-electron chi connectivity index (χ4n) is 3.41. The molecule has 0 aliphatic carbocycles. The first-order chi connectivity index (χ1) is 15.8. The van der Waals surface area contributed by atoms with E-state index in [4.69, 9.17) is 4.98 Å². The predicted molar refractivity (Wildman–Crippen MR) is 133 cm³/mol. The molecule has 0 atom stereocenters. The molecule has 3 rings (SSSR count). The van der Waals surface area contributed by atoms with Crippen molar-refractivity contribution in [1.82, 2.24) is 30.0 Å². The Balaban J connectivity index is 1.54. The number of benzene rings is 1. The van der Waals surface area contributed by atoms with Gasteiger partial charge in [-0.3, -0.25) is 9.48 Å². The fraction of sp³-hybridized carbons (Fsp3) is 0.440. The number of hydrogen-bond donors (Lipinski definition) is 2. The van der Waals surface area contributed by atoms with Crippen LogP contribution in [-0.4, -0.2) is 57.7 Å². The van der Waals surface area contributed by atoms with Crippen LogP contribution in [0.2, 0.25) is 0 Å². The normalized spacial score (nSPS) is 11.2. The van der Waals surface area contributed by atoms with Crippen LogP contribution in [0.5, 0.6) is 0 Å². The highest BCUT2D eigenvalue weighted by Crippen LogP contribution is 2.23. The maximum atomic E-state index is 11.9. The summed E-state index contributed by atoms with van der Waals surface area (Å²) in [6.07, 6.45) is 7.92. The molecule has 0 unspecified atom stereocenters. The first-order valence-electron chi connectivity index (χ1n) is 11.5. The Hall–Kier alpha value is -3.26. The van der Waals surface area contributed by atoms with Crippen LogP contribution in [0.25, 0.3) is 11.3 Å². The molecule has 0 saturated heterocycles. The van der Waals surface area contributed by atoms with Gasteiger partial charge in [0.05, 0.1) is 11.9 Å². The Morgan fingerprint density at radius 1 is 1.15 bits per heavy atom. The van der Waals surface area contributed by atoms with Crippen LogP contribution >= 0.6 is 0 Å². The summed E-state index contributed by atoms with van der Waals surface area (Å²) in [6.45, 7) is 7.76. The zero-order chi connectivity index (χ0) is 23.8. The Bertz CT molecular complexity index is 1040. The van der Waals surface area contributed by atoms with Gasteiger partial charge in [0, 0.05) is 42.7 Å². The Labute approximate surface area is 196 Å². The van der Waals surface area contributed by atoms with E-state index in [0.29, 0.717) is 25.0 Å². The van der Waals surface area contributed by atoms with E-state index < -0.39 is 0 Å². The second kappa shape index (κ2) is 11.6. The van der Waals surface area contributed by atoms with Gasteiger partial charge < -0.3 is 15.5 Å². The molecule has 0 aliphatic heterocycles. The van der Waals surface area contributed by atoms with Crippen molar-refractivity contribution >= 4 is 17.5 Å². The van der Waals surface area contributed by atoms with E-state index in [0.717, 1.165) is 41.9 Å². The summed E-state index contributed by atoms with van der Waals surface area (Å²) in [5.41, 5.74) is 4.94. The minimum atomic E-state index is 0.112. The van der Waals surface area contributed by atoms with Crippen molar-refractivity contribution < 1.29 is 4.79 Å². The molecule has 176 valence electrons. The minimum Gasteiger partial charge on any atom is -0.356 e. The SMILES string of the molecule is Cc1cnc(Nc2ccc(CCNC(=O)CCCN(C)C)cc2)nc1-c1cnn(C(C)C)c1. The average Bonchev–Trinajstić information content (AvgIpc) is 3.26. The van der Waals surface area contributed by atoms with Crippen LogP contribution in [0.15, 0.2) is 42.9 Å². The standard InChI is InChI=1S/C25H35N7O/c1-18(2)32-17-21(16-28-32)24-19(3)15-27-25(30-24)29-22-10-8-20(9-11-22)12-13-26-23(33)7-6-14-31(4)5/h8-11,15-18H,6-7,12-14H2,1-5H3,(H,26,33)(H,27,29,30). The highest BCUT2D eigenvalue weighted by molar-refractivity contribution is 5.75. The number of nitrogens with zero attached hydrogens (tertiary/aromatic N) is 5. The van der Waals surface area contributed by atoms with Crippen LogP contribution < -0.4 is 10.6 Å². The highest BCUT2D eigenvalue weighted by Gasteiger charge is 2.11. The predicted octanol–water partition coefficient (Wildman–Crippen LogP) is 3.97. The zero-order valence-corrected chi connectivity index (χ0v) is 20.3. The number of hydrogen-bond acceptors (Lipinski definition) is 6. The molecule has 3 aromatic rings. The summed E-state index contributed by atoms with van der Waals surface area (Å²) in [6, 6.07) is 8.43. The maximum Gasteiger partial charge on any atom is 0.227 e. The molecule has 2 N–H and O–H groups in total. The van der Waals surface area contributed by atoms with Crippen molar-refractivity contribution in [3.63, 3.8) is 0 Å². The molecule has 0 fully saturated rings.